The molecule has 4 nitrogen and oxygen atoms in total. The van der Waals surface area contributed by atoms with Crippen molar-refractivity contribution in [2.24, 2.45) is 0 Å². The molecule has 0 unspecified atom stereocenters. The van der Waals surface area contributed by atoms with E-state index in [0.717, 1.165) is 0 Å². The van der Waals surface area contributed by atoms with E-state index in [0.29, 0.717) is 22.1 Å². The first-order chi connectivity index (χ1) is 6.31. The number of fused-ring (bicyclic) bond motifs is 1. The van der Waals surface area contributed by atoms with Crippen molar-refractivity contribution in [3.8, 4) is 5.88 Å². The molecule has 2 aromatic rings. The lowest BCUT2D eigenvalue weighted by atomic mass is 10.4. The number of pyridine rings is 1. The molecule has 5 heteroatoms. The largest absolute Gasteiger partial charge is 0.480 e. The van der Waals surface area contributed by atoms with Crippen LogP contribution in [0.1, 0.15) is 0 Å². The number of halogens is 1. The summed E-state index contributed by atoms with van der Waals surface area (Å²) in [7, 11) is 1.53. The molecule has 2 rings (SSSR count). The average Bonchev–Trinajstić information content (AvgIpc) is 2.18. The lowest BCUT2D eigenvalue weighted by Gasteiger charge is -2.00. The van der Waals surface area contributed by atoms with E-state index in [-0.39, 0.29) is 0 Å². The topological polar surface area (TPSA) is 47.9 Å². The smallest absolute Gasteiger partial charge is 0.232 e. The van der Waals surface area contributed by atoms with Crippen molar-refractivity contribution >= 4 is 22.6 Å². The Bertz CT molecular complexity index is 446. The zero-order chi connectivity index (χ0) is 9.26. The first-order valence-electron chi connectivity index (χ1n) is 3.62. The van der Waals surface area contributed by atoms with Crippen LogP contribution in [0.25, 0.3) is 11.0 Å². The van der Waals surface area contributed by atoms with Gasteiger partial charge in [0.05, 0.1) is 18.8 Å². The fraction of sp³-hybridized carbons (Fsp3) is 0.125. The highest BCUT2D eigenvalue weighted by Crippen LogP contribution is 2.18. The third-order valence-electron chi connectivity index (χ3n) is 1.60. The van der Waals surface area contributed by atoms with Crippen LogP contribution in [0.5, 0.6) is 5.88 Å². The molecule has 0 fully saturated rings. The zero-order valence-electron chi connectivity index (χ0n) is 6.86. The van der Waals surface area contributed by atoms with Crippen molar-refractivity contribution < 1.29 is 4.74 Å². The Morgan fingerprint density at radius 2 is 2.23 bits per heavy atom. The highest BCUT2D eigenvalue weighted by atomic mass is 35.5. The molecule has 0 atom stereocenters. The third-order valence-corrected chi connectivity index (χ3v) is 1.88. The highest BCUT2D eigenvalue weighted by molar-refractivity contribution is 6.33. The Kier molecular flexibility index (Phi) is 1.98. The quantitative estimate of drug-likeness (QED) is 0.650. The highest BCUT2D eigenvalue weighted by Gasteiger charge is 2.03. The van der Waals surface area contributed by atoms with E-state index in [9.17, 15) is 0 Å². The summed E-state index contributed by atoms with van der Waals surface area (Å²) in [5.41, 5.74) is 1.27. The molecule has 0 saturated heterocycles. The Hall–Kier alpha value is -1.42. The van der Waals surface area contributed by atoms with E-state index in [4.69, 9.17) is 16.3 Å². The van der Waals surface area contributed by atoms with Gasteiger partial charge in [-0.2, -0.15) is 0 Å². The van der Waals surface area contributed by atoms with E-state index in [2.05, 4.69) is 15.0 Å². The molecule has 0 radical (unpaired) electrons. The molecule has 0 saturated carbocycles. The predicted molar refractivity (Wildman–Crippen MR) is 48.9 cm³/mol. The molecule has 2 aromatic heterocycles. The van der Waals surface area contributed by atoms with Gasteiger partial charge < -0.3 is 4.74 Å². The maximum Gasteiger partial charge on any atom is 0.232 e. The van der Waals surface area contributed by atoms with Crippen molar-refractivity contribution in [2.75, 3.05) is 7.11 Å². The molecule has 2 heterocycles. The monoisotopic (exact) mass is 195 g/mol. The summed E-state index contributed by atoms with van der Waals surface area (Å²) in [5.74, 6) is 0.433. The van der Waals surface area contributed by atoms with Crippen molar-refractivity contribution in [3.63, 3.8) is 0 Å². The van der Waals surface area contributed by atoms with Crippen molar-refractivity contribution in [3.05, 3.63) is 23.6 Å². The first kappa shape index (κ1) is 8.19. The average molecular weight is 196 g/mol. The van der Waals surface area contributed by atoms with Crippen LogP contribution in [-0.2, 0) is 0 Å². The maximum atomic E-state index is 5.82. The van der Waals surface area contributed by atoms with E-state index in [1.165, 1.54) is 7.11 Å². The summed E-state index contributed by atoms with van der Waals surface area (Å²) in [6.45, 7) is 0. The molecule has 0 amide bonds. The van der Waals surface area contributed by atoms with Crippen LogP contribution in [-0.4, -0.2) is 22.1 Å². The van der Waals surface area contributed by atoms with E-state index in [1.54, 1.807) is 18.5 Å². The van der Waals surface area contributed by atoms with Gasteiger partial charge in [-0.1, -0.05) is 11.6 Å². The molecule has 0 aromatic carbocycles. The van der Waals surface area contributed by atoms with Crippen LogP contribution in [0.2, 0.25) is 5.15 Å². The van der Waals surface area contributed by atoms with Gasteiger partial charge in [0.2, 0.25) is 5.88 Å². The Morgan fingerprint density at radius 1 is 1.38 bits per heavy atom. The molecular formula is C8H6ClN3O. The van der Waals surface area contributed by atoms with Gasteiger partial charge in [0.1, 0.15) is 5.52 Å². The summed E-state index contributed by atoms with van der Waals surface area (Å²) in [5, 5.41) is 0.337. The predicted octanol–water partition coefficient (Wildman–Crippen LogP) is 1.69. The fourth-order valence-corrected chi connectivity index (χ4v) is 1.18. The summed E-state index contributed by atoms with van der Waals surface area (Å²) in [4.78, 5) is 12.1. The summed E-state index contributed by atoms with van der Waals surface area (Å²) >= 11 is 5.82. The number of ether oxygens (including phenoxy) is 1. The van der Waals surface area contributed by atoms with Crippen LogP contribution < -0.4 is 4.74 Å². The number of hydrogen-bond donors (Lipinski definition) is 0. The van der Waals surface area contributed by atoms with Crippen LogP contribution >= 0.6 is 11.6 Å². The molecule has 0 spiro atoms. The van der Waals surface area contributed by atoms with Crippen LogP contribution in [0.15, 0.2) is 18.5 Å². The Morgan fingerprint density at radius 3 is 3.00 bits per heavy atom. The first-order valence-corrected chi connectivity index (χ1v) is 4.00. The van der Waals surface area contributed by atoms with Gasteiger partial charge in [0.15, 0.2) is 5.15 Å². The summed E-state index contributed by atoms with van der Waals surface area (Å²) in [6, 6.07) is 1.74. The van der Waals surface area contributed by atoms with Gasteiger partial charge in [0.25, 0.3) is 0 Å². The minimum absolute atomic E-state index is 0.337. The van der Waals surface area contributed by atoms with Gasteiger partial charge >= 0.3 is 0 Å². The minimum atomic E-state index is 0.337. The molecule has 13 heavy (non-hydrogen) atoms. The number of aromatic nitrogens is 3. The number of methoxy groups -OCH3 is 1. The summed E-state index contributed by atoms with van der Waals surface area (Å²) < 4.78 is 4.92. The van der Waals surface area contributed by atoms with E-state index >= 15 is 0 Å². The molecule has 0 aliphatic carbocycles. The van der Waals surface area contributed by atoms with E-state index in [1.807, 2.05) is 0 Å². The Labute approximate surface area is 79.6 Å². The minimum Gasteiger partial charge on any atom is -0.480 e. The fourth-order valence-electron chi connectivity index (χ4n) is 0.989. The summed E-state index contributed by atoms with van der Waals surface area (Å²) in [6.07, 6.45) is 3.13. The third kappa shape index (κ3) is 1.40. The molecule has 0 bridgehead atoms. The van der Waals surface area contributed by atoms with Gasteiger partial charge in [-0.3, -0.25) is 0 Å². The SMILES string of the molecule is COc1cnc2ccnc(Cl)c2n1. The number of hydrogen-bond acceptors (Lipinski definition) is 4. The molecule has 0 N–H and O–H groups in total. The van der Waals surface area contributed by atoms with Gasteiger partial charge in [0, 0.05) is 6.20 Å². The van der Waals surface area contributed by atoms with Crippen LogP contribution in [0.4, 0.5) is 0 Å². The van der Waals surface area contributed by atoms with Gasteiger partial charge in [-0.25, -0.2) is 15.0 Å². The van der Waals surface area contributed by atoms with Gasteiger partial charge in [-0.15, -0.1) is 0 Å². The zero-order valence-corrected chi connectivity index (χ0v) is 7.62. The van der Waals surface area contributed by atoms with Crippen molar-refractivity contribution in [2.45, 2.75) is 0 Å². The molecule has 0 aliphatic rings. The Balaban J connectivity index is 2.74. The maximum absolute atomic E-state index is 5.82. The second-order valence-electron chi connectivity index (χ2n) is 2.38. The van der Waals surface area contributed by atoms with Crippen molar-refractivity contribution in [1.29, 1.82) is 0 Å². The second-order valence-corrected chi connectivity index (χ2v) is 2.74. The molecule has 66 valence electrons. The van der Waals surface area contributed by atoms with Crippen LogP contribution in [0.3, 0.4) is 0 Å². The lowest BCUT2D eigenvalue weighted by Crippen LogP contribution is -1.91. The normalized spacial score (nSPS) is 10.3. The second kappa shape index (κ2) is 3.14. The standard InChI is InChI=1S/C8H6ClN3O/c1-13-6-4-11-5-2-3-10-8(9)7(5)12-6/h2-4H,1H3. The van der Waals surface area contributed by atoms with E-state index < -0.39 is 0 Å². The van der Waals surface area contributed by atoms with Crippen LogP contribution in [0, 0.1) is 0 Å². The lowest BCUT2D eigenvalue weighted by molar-refractivity contribution is 0.397. The number of rotatable bonds is 1. The molecular weight excluding hydrogens is 190 g/mol. The van der Waals surface area contributed by atoms with Gasteiger partial charge in [-0.05, 0) is 6.07 Å². The number of nitrogens with zero attached hydrogens (tertiary/aromatic N) is 3. The molecule has 0 aliphatic heterocycles. The van der Waals surface area contributed by atoms with Crippen molar-refractivity contribution in [1.82, 2.24) is 15.0 Å².